The van der Waals surface area contributed by atoms with Crippen molar-refractivity contribution >= 4 is 11.8 Å². The maximum atomic E-state index is 12.4. The van der Waals surface area contributed by atoms with E-state index < -0.39 is 24.1 Å². The van der Waals surface area contributed by atoms with Gasteiger partial charge in [0.25, 0.3) is 5.91 Å². The number of methoxy groups -OCH3 is 2. The number of hydrogen-bond donors (Lipinski definition) is 4. The Bertz CT molecular complexity index is 651. The Hall–Kier alpha value is -2.32. The van der Waals surface area contributed by atoms with Gasteiger partial charge in [-0.2, -0.15) is 0 Å². The molecule has 0 saturated heterocycles. The lowest BCUT2D eigenvalue weighted by molar-refractivity contribution is -0.132. The molecule has 0 bridgehead atoms. The van der Waals surface area contributed by atoms with Crippen LogP contribution in [0.1, 0.15) is 39.2 Å². The summed E-state index contributed by atoms with van der Waals surface area (Å²) in [6, 6.07) is 3.84. The standard InChI is InChI=1S/C20H33N3O5/c1-6-16(23-19(25)15(21)9-12(2)3)18(24)20(26)22-11-13-10-14(27-4)7-8-17(13)28-5/h7-8,10,12,15-16,18,24H,6,9,11,21H2,1-5H3,(H,22,26)(H,23,25)/t15-,16?,18?/m0/s1. The fraction of sp³-hybridized carbons (Fsp3) is 0.600. The lowest BCUT2D eigenvalue weighted by Crippen LogP contribution is -2.53. The van der Waals surface area contributed by atoms with E-state index in [1.807, 2.05) is 13.8 Å². The molecule has 3 atom stereocenters. The zero-order valence-electron chi connectivity index (χ0n) is 17.3. The molecule has 5 N–H and O–H groups in total. The lowest BCUT2D eigenvalue weighted by atomic mass is 10.0. The Morgan fingerprint density at radius 3 is 2.39 bits per heavy atom. The second kappa shape index (κ2) is 11.5. The predicted octanol–water partition coefficient (Wildman–Crippen LogP) is 0.949. The Morgan fingerprint density at radius 1 is 1.18 bits per heavy atom. The van der Waals surface area contributed by atoms with Gasteiger partial charge < -0.3 is 30.9 Å². The third-order valence-electron chi connectivity index (χ3n) is 4.42. The van der Waals surface area contributed by atoms with Crippen molar-refractivity contribution in [3.05, 3.63) is 23.8 Å². The number of benzene rings is 1. The van der Waals surface area contributed by atoms with Gasteiger partial charge >= 0.3 is 0 Å². The molecule has 8 nitrogen and oxygen atoms in total. The fourth-order valence-corrected chi connectivity index (χ4v) is 2.80. The number of aliphatic hydroxyl groups excluding tert-OH is 1. The van der Waals surface area contributed by atoms with Crippen molar-refractivity contribution in [1.29, 1.82) is 0 Å². The van der Waals surface area contributed by atoms with E-state index in [2.05, 4.69) is 10.6 Å². The van der Waals surface area contributed by atoms with Crippen molar-refractivity contribution in [2.24, 2.45) is 11.7 Å². The van der Waals surface area contributed by atoms with E-state index in [1.54, 1.807) is 32.2 Å². The average Bonchev–Trinajstić information content (AvgIpc) is 2.68. The van der Waals surface area contributed by atoms with E-state index >= 15 is 0 Å². The minimum atomic E-state index is -1.39. The van der Waals surface area contributed by atoms with E-state index in [9.17, 15) is 14.7 Å². The first-order valence-electron chi connectivity index (χ1n) is 9.46. The molecular formula is C20H33N3O5. The molecule has 2 amide bonds. The van der Waals surface area contributed by atoms with Crippen molar-refractivity contribution < 1.29 is 24.2 Å². The van der Waals surface area contributed by atoms with Crippen molar-refractivity contribution in [3.8, 4) is 11.5 Å². The number of carbonyl (C=O) groups is 2. The average molecular weight is 396 g/mol. The molecule has 1 aromatic carbocycles. The summed E-state index contributed by atoms with van der Waals surface area (Å²) in [6.45, 7) is 5.87. The summed E-state index contributed by atoms with van der Waals surface area (Å²) in [4.78, 5) is 24.6. The van der Waals surface area contributed by atoms with Crippen LogP contribution >= 0.6 is 0 Å². The zero-order valence-corrected chi connectivity index (χ0v) is 17.3. The molecule has 8 heteroatoms. The molecule has 0 spiro atoms. The van der Waals surface area contributed by atoms with Crippen molar-refractivity contribution in [3.63, 3.8) is 0 Å². The van der Waals surface area contributed by atoms with Crippen LogP contribution in [0.2, 0.25) is 0 Å². The SMILES string of the molecule is CCC(NC(=O)[C@@H](N)CC(C)C)C(O)C(=O)NCc1cc(OC)ccc1OC. The van der Waals surface area contributed by atoms with Gasteiger partial charge in [-0.25, -0.2) is 0 Å². The highest BCUT2D eigenvalue weighted by atomic mass is 16.5. The molecule has 0 fully saturated rings. The van der Waals surface area contributed by atoms with Gasteiger partial charge in [0, 0.05) is 12.1 Å². The first kappa shape index (κ1) is 23.7. The van der Waals surface area contributed by atoms with Gasteiger partial charge in [0.15, 0.2) is 6.10 Å². The number of nitrogens with one attached hydrogen (secondary N) is 2. The van der Waals surface area contributed by atoms with Gasteiger partial charge in [0.2, 0.25) is 5.91 Å². The Balaban J connectivity index is 2.71. The molecule has 2 unspecified atom stereocenters. The summed E-state index contributed by atoms with van der Waals surface area (Å²) in [5.41, 5.74) is 6.58. The topological polar surface area (TPSA) is 123 Å². The summed E-state index contributed by atoms with van der Waals surface area (Å²) in [5.74, 6) is 0.530. The summed E-state index contributed by atoms with van der Waals surface area (Å²) in [6.07, 6.45) is -0.478. The number of carbonyl (C=O) groups excluding carboxylic acids is 2. The molecule has 0 radical (unpaired) electrons. The fourth-order valence-electron chi connectivity index (χ4n) is 2.80. The number of aliphatic hydroxyl groups is 1. The third-order valence-corrected chi connectivity index (χ3v) is 4.42. The van der Waals surface area contributed by atoms with Crippen LogP contribution < -0.4 is 25.8 Å². The van der Waals surface area contributed by atoms with Crippen LogP contribution in [-0.2, 0) is 16.1 Å². The van der Waals surface area contributed by atoms with Gasteiger partial charge in [-0.1, -0.05) is 20.8 Å². The molecule has 28 heavy (non-hydrogen) atoms. The van der Waals surface area contributed by atoms with Gasteiger partial charge in [0.1, 0.15) is 11.5 Å². The lowest BCUT2D eigenvalue weighted by Gasteiger charge is -2.24. The summed E-state index contributed by atoms with van der Waals surface area (Å²) < 4.78 is 10.5. The summed E-state index contributed by atoms with van der Waals surface area (Å²) in [7, 11) is 3.08. The Labute approximate surface area is 166 Å². The normalized spacial score (nSPS) is 14.1. The van der Waals surface area contributed by atoms with E-state index in [0.29, 0.717) is 29.9 Å². The molecule has 1 aromatic rings. The number of hydrogen-bond acceptors (Lipinski definition) is 6. The maximum Gasteiger partial charge on any atom is 0.251 e. The van der Waals surface area contributed by atoms with E-state index in [4.69, 9.17) is 15.2 Å². The summed E-state index contributed by atoms with van der Waals surface area (Å²) >= 11 is 0. The van der Waals surface area contributed by atoms with Crippen molar-refractivity contribution in [1.82, 2.24) is 10.6 Å². The van der Waals surface area contributed by atoms with Gasteiger partial charge in [-0.15, -0.1) is 0 Å². The van der Waals surface area contributed by atoms with E-state index in [0.717, 1.165) is 0 Å². The molecular weight excluding hydrogens is 362 g/mol. The smallest absolute Gasteiger partial charge is 0.251 e. The predicted molar refractivity (Wildman–Crippen MR) is 107 cm³/mol. The molecule has 1 rings (SSSR count). The number of ether oxygens (including phenoxy) is 2. The number of amides is 2. The van der Waals surface area contributed by atoms with Gasteiger partial charge in [-0.05, 0) is 37.0 Å². The van der Waals surface area contributed by atoms with Crippen LogP contribution in [0.4, 0.5) is 0 Å². The summed E-state index contributed by atoms with van der Waals surface area (Å²) in [5, 5.41) is 15.7. The minimum absolute atomic E-state index is 0.146. The zero-order chi connectivity index (χ0) is 21.3. The molecule has 0 aliphatic carbocycles. The molecule has 0 aliphatic heterocycles. The van der Waals surface area contributed by atoms with Crippen LogP contribution in [-0.4, -0.2) is 49.3 Å². The molecule has 0 aromatic heterocycles. The first-order chi connectivity index (χ1) is 13.2. The monoisotopic (exact) mass is 395 g/mol. The quantitative estimate of drug-likeness (QED) is 0.442. The van der Waals surface area contributed by atoms with Gasteiger partial charge in [0.05, 0.1) is 26.3 Å². The van der Waals surface area contributed by atoms with Crippen molar-refractivity contribution in [2.75, 3.05) is 14.2 Å². The molecule has 158 valence electrons. The highest BCUT2D eigenvalue weighted by Crippen LogP contribution is 2.23. The van der Waals surface area contributed by atoms with E-state index in [1.165, 1.54) is 7.11 Å². The largest absolute Gasteiger partial charge is 0.497 e. The second-order valence-corrected chi connectivity index (χ2v) is 7.10. The Kier molecular flexibility index (Phi) is 9.75. The van der Waals surface area contributed by atoms with E-state index in [-0.39, 0.29) is 18.4 Å². The third kappa shape index (κ3) is 7.01. The van der Waals surface area contributed by atoms with Crippen LogP contribution in [0.5, 0.6) is 11.5 Å². The van der Waals surface area contributed by atoms with Crippen LogP contribution in [0, 0.1) is 5.92 Å². The van der Waals surface area contributed by atoms with Crippen LogP contribution in [0.25, 0.3) is 0 Å². The molecule has 0 heterocycles. The number of rotatable bonds is 11. The molecule has 0 aliphatic rings. The molecule has 0 saturated carbocycles. The number of nitrogens with two attached hydrogens (primary N) is 1. The second-order valence-electron chi connectivity index (χ2n) is 7.10. The minimum Gasteiger partial charge on any atom is -0.497 e. The van der Waals surface area contributed by atoms with Gasteiger partial charge in [-0.3, -0.25) is 9.59 Å². The highest BCUT2D eigenvalue weighted by Gasteiger charge is 2.28. The van der Waals surface area contributed by atoms with Crippen molar-refractivity contribution in [2.45, 2.75) is 58.3 Å². The first-order valence-corrected chi connectivity index (χ1v) is 9.46. The Morgan fingerprint density at radius 2 is 1.86 bits per heavy atom. The highest BCUT2D eigenvalue weighted by molar-refractivity contribution is 5.85. The van der Waals surface area contributed by atoms with Crippen LogP contribution in [0.3, 0.4) is 0 Å². The maximum absolute atomic E-state index is 12.4. The van der Waals surface area contributed by atoms with Crippen LogP contribution in [0.15, 0.2) is 18.2 Å².